The smallest absolute Gasteiger partial charge is 0.462 e. The highest BCUT2D eigenvalue weighted by Crippen LogP contribution is 2.45. The Morgan fingerprint density at radius 1 is 0.276 bits per heavy atom. The molecule has 0 aromatic rings. The van der Waals surface area contributed by atoms with E-state index in [9.17, 15) is 43.2 Å². The van der Waals surface area contributed by atoms with Gasteiger partial charge in [0.25, 0.3) is 0 Å². The number of aliphatic hydroxyl groups excluding tert-OH is 1. The van der Waals surface area contributed by atoms with Crippen molar-refractivity contribution in [1.82, 2.24) is 0 Å². The molecule has 5 atom stereocenters. The van der Waals surface area contributed by atoms with Gasteiger partial charge in [0.05, 0.1) is 26.4 Å². The molecule has 3 N–H and O–H groups in total. The first-order valence-corrected chi connectivity index (χ1v) is 44.1. The topological polar surface area (TPSA) is 237 Å². The van der Waals surface area contributed by atoms with E-state index in [0.29, 0.717) is 25.7 Å². The summed E-state index contributed by atoms with van der Waals surface area (Å²) in [5.74, 6) is -1.37. The molecule has 0 aliphatic rings. The zero-order valence-corrected chi connectivity index (χ0v) is 65.7. The number of aliphatic hydroxyl groups is 1. The van der Waals surface area contributed by atoms with Crippen molar-refractivity contribution >= 4 is 39.5 Å². The number of esters is 4. The van der Waals surface area contributed by atoms with Crippen LogP contribution in [-0.4, -0.2) is 96.7 Å². The van der Waals surface area contributed by atoms with Crippen molar-refractivity contribution < 1.29 is 80.2 Å². The summed E-state index contributed by atoms with van der Waals surface area (Å²) in [6, 6.07) is 0. The van der Waals surface area contributed by atoms with Gasteiger partial charge in [0.1, 0.15) is 19.3 Å². The van der Waals surface area contributed by atoms with Gasteiger partial charge in [-0.05, 0) is 31.6 Å². The van der Waals surface area contributed by atoms with Gasteiger partial charge in [-0.1, -0.05) is 369 Å². The summed E-state index contributed by atoms with van der Waals surface area (Å²) < 4.78 is 68.4. The molecule has 0 aliphatic carbocycles. The van der Waals surface area contributed by atoms with Crippen LogP contribution >= 0.6 is 15.6 Å². The van der Waals surface area contributed by atoms with Gasteiger partial charge >= 0.3 is 39.5 Å². The molecule has 0 fully saturated rings. The third-order valence-electron chi connectivity index (χ3n) is 18.5. The van der Waals surface area contributed by atoms with Crippen molar-refractivity contribution in [3.05, 3.63) is 0 Å². The Labute approximate surface area is 600 Å². The molecule has 0 aliphatic heterocycles. The number of ether oxygens (including phenoxy) is 4. The molecule has 0 aromatic heterocycles. The number of phosphoric acid groups is 2. The molecule has 0 rings (SSSR count). The largest absolute Gasteiger partial charge is 0.472 e. The quantitative estimate of drug-likeness (QED) is 0.0222. The summed E-state index contributed by atoms with van der Waals surface area (Å²) in [5.41, 5.74) is 0. The highest BCUT2D eigenvalue weighted by atomic mass is 31.2. The van der Waals surface area contributed by atoms with Crippen LogP contribution in [0.5, 0.6) is 0 Å². The molecule has 0 spiro atoms. The molecular formula is C79H154O17P2. The minimum absolute atomic E-state index is 0.105. The van der Waals surface area contributed by atoms with Crippen LogP contribution in [0.2, 0.25) is 0 Å². The summed E-state index contributed by atoms with van der Waals surface area (Å²) in [4.78, 5) is 72.6. The lowest BCUT2D eigenvalue weighted by atomic mass is 10.0. The average Bonchev–Trinajstić information content (AvgIpc) is 1.47. The molecular weight excluding hydrogens is 1280 g/mol. The van der Waals surface area contributed by atoms with E-state index >= 15 is 0 Å². The Balaban J connectivity index is 5.11. The number of hydrogen-bond donors (Lipinski definition) is 3. The van der Waals surface area contributed by atoms with E-state index < -0.39 is 97.5 Å². The molecule has 19 heteroatoms. The summed E-state index contributed by atoms with van der Waals surface area (Å²) in [5, 5.41) is 10.6. The maximum atomic E-state index is 13.1. The second-order valence-corrected chi connectivity index (χ2v) is 31.8. The van der Waals surface area contributed by atoms with Crippen molar-refractivity contribution in [3.8, 4) is 0 Å². The molecule has 0 saturated heterocycles. The Kier molecular flexibility index (Phi) is 70.6. The van der Waals surface area contributed by atoms with E-state index in [0.717, 1.165) is 102 Å². The van der Waals surface area contributed by atoms with E-state index in [1.807, 2.05) is 0 Å². The van der Waals surface area contributed by atoms with E-state index in [1.165, 1.54) is 238 Å². The Hall–Kier alpha value is -1.94. The Morgan fingerprint density at radius 3 is 0.694 bits per heavy atom. The van der Waals surface area contributed by atoms with Crippen molar-refractivity contribution in [2.45, 2.75) is 438 Å². The summed E-state index contributed by atoms with van der Waals surface area (Å²) in [7, 11) is -9.90. The van der Waals surface area contributed by atoms with E-state index in [4.69, 9.17) is 37.0 Å². The maximum Gasteiger partial charge on any atom is 0.472 e. The van der Waals surface area contributed by atoms with Crippen molar-refractivity contribution in [1.29, 1.82) is 0 Å². The lowest BCUT2D eigenvalue weighted by Gasteiger charge is -2.21. The molecule has 0 bridgehead atoms. The van der Waals surface area contributed by atoms with Gasteiger partial charge in [0, 0.05) is 25.7 Å². The van der Waals surface area contributed by atoms with E-state index in [2.05, 4.69) is 34.6 Å². The van der Waals surface area contributed by atoms with Crippen molar-refractivity contribution in [2.24, 2.45) is 5.92 Å². The molecule has 0 saturated carbocycles. The molecule has 0 radical (unpaired) electrons. The van der Waals surface area contributed by atoms with Crippen LogP contribution in [0.3, 0.4) is 0 Å². The van der Waals surface area contributed by atoms with Crippen LogP contribution in [0.15, 0.2) is 0 Å². The minimum atomic E-state index is -4.96. The molecule has 582 valence electrons. The monoisotopic (exact) mass is 1440 g/mol. The predicted molar refractivity (Wildman–Crippen MR) is 400 cm³/mol. The minimum Gasteiger partial charge on any atom is -0.462 e. The van der Waals surface area contributed by atoms with Crippen LogP contribution < -0.4 is 0 Å². The molecule has 17 nitrogen and oxygen atoms in total. The number of rotatable bonds is 79. The van der Waals surface area contributed by atoms with Crippen LogP contribution in [0.25, 0.3) is 0 Å². The number of hydrogen-bond acceptors (Lipinski definition) is 15. The van der Waals surface area contributed by atoms with Crippen molar-refractivity contribution in [2.75, 3.05) is 39.6 Å². The molecule has 0 aromatic carbocycles. The Morgan fingerprint density at radius 2 is 0.469 bits per heavy atom. The van der Waals surface area contributed by atoms with Crippen molar-refractivity contribution in [3.63, 3.8) is 0 Å². The summed E-state index contributed by atoms with van der Waals surface area (Å²) >= 11 is 0. The van der Waals surface area contributed by atoms with Gasteiger partial charge in [-0.25, -0.2) is 9.13 Å². The van der Waals surface area contributed by atoms with Gasteiger partial charge in [0.2, 0.25) is 0 Å². The van der Waals surface area contributed by atoms with E-state index in [-0.39, 0.29) is 25.7 Å². The number of unbranched alkanes of at least 4 members (excludes halogenated alkanes) is 51. The SMILES string of the molecule is CCCCCCCCCCCCCCCCCCCCCCC(=O)OC[C@H](COP(=O)(O)OC[C@@H](O)COP(=O)(O)OC[C@@H](COC(=O)CCCCCCC)OC(=O)CCCCCCCCCCCCC(C)C)OC(=O)CCCCCCCCCCCCCCCCCCCCCC. The van der Waals surface area contributed by atoms with Crippen LogP contribution in [0, 0.1) is 5.92 Å². The van der Waals surface area contributed by atoms with Gasteiger partial charge in [0.15, 0.2) is 12.2 Å². The first-order chi connectivity index (χ1) is 47.5. The highest BCUT2D eigenvalue weighted by molar-refractivity contribution is 7.47. The lowest BCUT2D eigenvalue weighted by Crippen LogP contribution is -2.30. The van der Waals surface area contributed by atoms with Gasteiger partial charge in [-0.2, -0.15) is 0 Å². The van der Waals surface area contributed by atoms with E-state index in [1.54, 1.807) is 0 Å². The zero-order valence-electron chi connectivity index (χ0n) is 63.9. The van der Waals surface area contributed by atoms with Crippen LogP contribution in [0.1, 0.15) is 420 Å². The standard InChI is InChI=1S/C79H154O17P2/c1-6-9-12-15-17-19-21-23-25-27-29-31-33-35-37-39-44-48-53-58-63-77(82)90-69-75(96-79(84)64-59-54-49-45-40-38-36-34-32-30-28-26-24-22-20-18-16-13-10-7-2)71-94-98(87,88)92-67-73(80)66-91-97(85,86)93-70-74(68-89-76(81)62-57-51-14-11-8-3)95-78(83)65-60-55-50-46-42-41-43-47-52-56-61-72(4)5/h72-75,80H,6-71H2,1-5H3,(H,85,86)(H,87,88)/t73-,74+,75+/m0/s1. The molecule has 0 heterocycles. The first-order valence-electron chi connectivity index (χ1n) is 41.1. The third kappa shape index (κ3) is 72.4. The second-order valence-electron chi connectivity index (χ2n) is 28.9. The van der Waals surface area contributed by atoms with Gasteiger partial charge < -0.3 is 33.8 Å². The third-order valence-corrected chi connectivity index (χ3v) is 20.4. The normalized spacial score (nSPS) is 13.9. The molecule has 2 unspecified atom stereocenters. The van der Waals surface area contributed by atoms with Gasteiger partial charge in [-0.3, -0.25) is 37.3 Å². The van der Waals surface area contributed by atoms with Gasteiger partial charge in [-0.15, -0.1) is 0 Å². The fraction of sp³-hybridized carbons (Fsp3) is 0.949. The summed E-state index contributed by atoms with van der Waals surface area (Å²) in [6.45, 7) is 7.21. The predicted octanol–water partition coefficient (Wildman–Crippen LogP) is 23.6. The highest BCUT2D eigenvalue weighted by Gasteiger charge is 2.30. The maximum absolute atomic E-state index is 13.1. The summed E-state index contributed by atoms with van der Waals surface area (Å²) in [6.07, 6.45) is 63.1. The molecule has 0 amide bonds. The number of phosphoric ester groups is 2. The fourth-order valence-electron chi connectivity index (χ4n) is 12.2. The zero-order chi connectivity index (χ0) is 71.9. The first kappa shape index (κ1) is 96.1. The Bertz CT molecular complexity index is 1870. The lowest BCUT2D eigenvalue weighted by molar-refractivity contribution is -0.161. The molecule has 98 heavy (non-hydrogen) atoms. The van der Waals surface area contributed by atoms with Crippen LogP contribution in [-0.2, 0) is 65.4 Å². The van der Waals surface area contributed by atoms with Crippen LogP contribution in [0.4, 0.5) is 0 Å². The fourth-order valence-corrected chi connectivity index (χ4v) is 13.8. The second kappa shape index (κ2) is 72.0. The average molecular weight is 1440 g/mol. The number of carbonyl (C=O) groups is 4. The number of carbonyl (C=O) groups excluding carboxylic acids is 4.